The predicted molar refractivity (Wildman–Crippen MR) is 84.5 cm³/mol. The first-order valence-electron chi connectivity index (χ1n) is 6.73. The summed E-state index contributed by atoms with van der Waals surface area (Å²) < 4.78 is 2.25. The molecule has 3 rings (SSSR count). The van der Waals surface area contributed by atoms with Crippen molar-refractivity contribution >= 4 is 22.5 Å². The molecule has 2 aromatic heterocycles. The van der Waals surface area contributed by atoms with Gasteiger partial charge in [0.2, 0.25) is 0 Å². The van der Waals surface area contributed by atoms with E-state index in [1.165, 1.54) is 27.8 Å². The summed E-state index contributed by atoms with van der Waals surface area (Å²) in [5.74, 6) is 0. The first kappa shape index (κ1) is 13.2. The van der Waals surface area contributed by atoms with Crippen molar-refractivity contribution in [3.8, 4) is 0 Å². The normalized spacial score (nSPS) is 11.2. The van der Waals surface area contributed by atoms with Gasteiger partial charge in [-0.1, -0.05) is 41.4 Å². The van der Waals surface area contributed by atoms with Crippen LogP contribution in [-0.2, 0) is 6.54 Å². The first-order valence-corrected chi connectivity index (χ1v) is 7.11. The zero-order valence-corrected chi connectivity index (χ0v) is 12.7. The largest absolute Gasteiger partial charge is 0.338 e. The molecule has 0 aliphatic carbocycles. The second-order valence-electron chi connectivity index (χ2n) is 5.28. The lowest BCUT2D eigenvalue weighted by molar-refractivity contribution is 0.799. The Balaban J connectivity index is 2.16. The van der Waals surface area contributed by atoms with Gasteiger partial charge in [-0.15, -0.1) is 0 Å². The Morgan fingerprint density at radius 3 is 2.45 bits per heavy atom. The molecule has 0 atom stereocenters. The second-order valence-corrected chi connectivity index (χ2v) is 5.64. The number of fused-ring (bicyclic) bond motifs is 1. The van der Waals surface area contributed by atoms with Crippen LogP contribution in [0, 0.1) is 20.8 Å². The molecule has 102 valence electrons. The van der Waals surface area contributed by atoms with E-state index in [0.717, 1.165) is 12.1 Å². The van der Waals surface area contributed by atoms with Crippen LogP contribution in [0.5, 0.6) is 0 Å². The lowest BCUT2D eigenvalue weighted by atomic mass is 10.1. The Morgan fingerprint density at radius 1 is 1.05 bits per heavy atom. The molecule has 20 heavy (non-hydrogen) atoms. The average molecular weight is 285 g/mol. The van der Waals surface area contributed by atoms with E-state index >= 15 is 0 Å². The third kappa shape index (κ3) is 2.10. The predicted octanol–water partition coefficient (Wildman–Crippen LogP) is 4.66. The molecule has 2 nitrogen and oxygen atoms in total. The van der Waals surface area contributed by atoms with Crippen LogP contribution >= 0.6 is 11.6 Å². The van der Waals surface area contributed by atoms with E-state index in [4.69, 9.17) is 11.6 Å². The molecule has 0 N–H and O–H groups in total. The van der Waals surface area contributed by atoms with Crippen LogP contribution in [0.4, 0.5) is 0 Å². The summed E-state index contributed by atoms with van der Waals surface area (Å²) in [4.78, 5) is 4.22. The summed E-state index contributed by atoms with van der Waals surface area (Å²) in [6.45, 7) is 7.20. The zero-order chi connectivity index (χ0) is 14.3. The third-order valence-electron chi connectivity index (χ3n) is 3.96. The molecule has 0 saturated heterocycles. The van der Waals surface area contributed by atoms with E-state index < -0.39 is 0 Å². The van der Waals surface area contributed by atoms with Crippen molar-refractivity contribution in [3.05, 3.63) is 64.1 Å². The number of hydrogen-bond donors (Lipinski definition) is 0. The van der Waals surface area contributed by atoms with E-state index in [2.05, 4.69) is 54.6 Å². The molecule has 0 saturated carbocycles. The number of aryl methyl sites for hydroxylation is 2. The number of pyridine rings is 1. The highest BCUT2D eigenvalue weighted by Gasteiger charge is 2.14. The van der Waals surface area contributed by atoms with Gasteiger partial charge in [0, 0.05) is 23.8 Å². The van der Waals surface area contributed by atoms with Crippen LogP contribution in [0.2, 0.25) is 5.15 Å². The standard InChI is InChI=1S/C17H17ClN2/c1-11-4-6-14(7-5-11)10-20-13(3)12(2)15-8-9-19-17(18)16(15)20/h4-9H,10H2,1-3H3. The van der Waals surface area contributed by atoms with Gasteiger partial charge in [-0.25, -0.2) is 4.98 Å². The van der Waals surface area contributed by atoms with Crippen molar-refractivity contribution in [2.75, 3.05) is 0 Å². The fourth-order valence-corrected chi connectivity index (χ4v) is 2.89. The van der Waals surface area contributed by atoms with Crippen LogP contribution in [0.15, 0.2) is 36.5 Å². The summed E-state index contributed by atoms with van der Waals surface area (Å²) in [6, 6.07) is 10.7. The molecule has 1 aromatic carbocycles. The van der Waals surface area contributed by atoms with Crippen LogP contribution in [0.1, 0.15) is 22.4 Å². The molecule has 2 heterocycles. The molecule has 3 aromatic rings. The zero-order valence-electron chi connectivity index (χ0n) is 11.9. The maximum absolute atomic E-state index is 6.31. The van der Waals surface area contributed by atoms with Crippen LogP contribution in [0.25, 0.3) is 10.9 Å². The van der Waals surface area contributed by atoms with Crippen molar-refractivity contribution in [3.63, 3.8) is 0 Å². The molecule has 0 radical (unpaired) electrons. The smallest absolute Gasteiger partial charge is 0.153 e. The number of halogens is 1. The number of nitrogens with zero attached hydrogens (tertiary/aromatic N) is 2. The van der Waals surface area contributed by atoms with Gasteiger partial charge >= 0.3 is 0 Å². The van der Waals surface area contributed by atoms with E-state index in [-0.39, 0.29) is 0 Å². The Bertz CT molecular complexity index is 770. The van der Waals surface area contributed by atoms with Crippen LogP contribution in [0.3, 0.4) is 0 Å². The van der Waals surface area contributed by atoms with E-state index in [1.807, 2.05) is 6.07 Å². The fourth-order valence-electron chi connectivity index (χ4n) is 2.63. The Kier molecular flexibility index (Phi) is 3.27. The van der Waals surface area contributed by atoms with E-state index in [1.54, 1.807) is 6.20 Å². The molecule has 3 heteroatoms. The molecule has 0 aliphatic rings. The highest BCUT2D eigenvalue weighted by Crippen LogP contribution is 2.29. The minimum Gasteiger partial charge on any atom is -0.338 e. The van der Waals surface area contributed by atoms with Crippen molar-refractivity contribution < 1.29 is 0 Å². The molecular formula is C17H17ClN2. The van der Waals surface area contributed by atoms with Crippen molar-refractivity contribution in [2.24, 2.45) is 0 Å². The van der Waals surface area contributed by atoms with Gasteiger partial charge in [-0.2, -0.15) is 0 Å². The Labute approximate surface area is 124 Å². The Morgan fingerprint density at radius 2 is 1.75 bits per heavy atom. The van der Waals surface area contributed by atoms with Gasteiger partial charge in [0.25, 0.3) is 0 Å². The molecule has 0 unspecified atom stereocenters. The van der Waals surface area contributed by atoms with Crippen molar-refractivity contribution in [2.45, 2.75) is 27.3 Å². The molecule has 0 amide bonds. The highest BCUT2D eigenvalue weighted by atomic mass is 35.5. The lowest BCUT2D eigenvalue weighted by Crippen LogP contribution is -2.02. The number of aromatic nitrogens is 2. The maximum Gasteiger partial charge on any atom is 0.153 e. The van der Waals surface area contributed by atoms with Gasteiger partial charge in [0.15, 0.2) is 5.15 Å². The van der Waals surface area contributed by atoms with E-state index in [0.29, 0.717) is 5.15 Å². The van der Waals surface area contributed by atoms with Crippen molar-refractivity contribution in [1.29, 1.82) is 0 Å². The monoisotopic (exact) mass is 284 g/mol. The second kappa shape index (κ2) is 4.95. The average Bonchev–Trinajstić information content (AvgIpc) is 2.68. The number of hydrogen-bond acceptors (Lipinski definition) is 1. The minimum atomic E-state index is 0.575. The van der Waals surface area contributed by atoms with Gasteiger partial charge in [0.1, 0.15) is 0 Å². The summed E-state index contributed by atoms with van der Waals surface area (Å²) in [6.07, 6.45) is 1.77. The summed E-state index contributed by atoms with van der Waals surface area (Å²) >= 11 is 6.31. The highest BCUT2D eigenvalue weighted by molar-refractivity contribution is 6.34. The molecule has 0 fully saturated rings. The lowest BCUT2D eigenvalue weighted by Gasteiger charge is -2.09. The maximum atomic E-state index is 6.31. The fraction of sp³-hybridized carbons (Fsp3) is 0.235. The third-order valence-corrected chi connectivity index (χ3v) is 4.24. The van der Waals surface area contributed by atoms with Crippen LogP contribution in [-0.4, -0.2) is 9.55 Å². The molecule has 0 aliphatic heterocycles. The molecule has 0 spiro atoms. The Hall–Kier alpha value is -1.80. The number of rotatable bonds is 2. The number of benzene rings is 1. The van der Waals surface area contributed by atoms with Gasteiger partial charge in [-0.05, 0) is 38.0 Å². The minimum absolute atomic E-state index is 0.575. The quantitative estimate of drug-likeness (QED) is 0.626. The van der Waals surface area contributed by atoms with E-state index in [9.17, 15) is 0 Å². The molecule has 0 bridgehead atoms. The summed E-state index contributed by atoms with van der Waals surface area (Å²) in [5.41, 5.74) is 6.10. The van der Waals surface area contributed by atoms with Crippen LogP contribution < -0.4 is 0 Å². The topological polar surface area (TPSA) is 17.8 Å². The van der Waals surface area contributed by atoms with Crippen molar-refractivity contribution in [1.82, 2.24) is 9.55 Å². The summed E-state index contributed by atoms with van der Waals surface area (Å²) in [5, 5.41) is 1.76. The van der Waals surface area contributed by atoms with Gasteiger partial charge < -0.3 is 4.57 Å². The van der Waals surface area contributed by atoms with Gasteiger partial charge in [0.05, 0.1) is 5.52 Å². The molecular weight excluding hydrogens is 268 g/mol. The SMILES string of the molecule is Cc1ccc(Cn2c(C)c(C)c3ccnc(Cl)c32)cc1. The van der Waals surface area contributed by atoms with Gasteiger partial charge in [-0.3, -0.25) is 0 Å². The first-order chi connectivity index (χ1) is 9.58. The summed E-state index contributed by atoms with van der Waals surface area (Å²) in [7, 11) is 0.